The highest BCUT2D eigenvalue weighted by molar-refractivity contribution is 5.80. The summed E-state index contributed by atoms with van der Waals surface area (Å²) in [5.41, 5.74) is -1.50. The molecule has 0 saturated carbocycles. The summed E-state index contributed by atoms with van der Waals surface area (Å²) in [4.78, 5) is 30.1. The van der Waals surface area contributed by atoms with Crippen molar-refractivity contribution in [3.05, 3.63) is 29.3 Å². The van der Waals surface area contributed by atoms with E-state index in [1.54, 1.807) is 11.0 Å². The van der Waals surface area contributed by atoms with Gasteiger partial charge in [0.05, 0.1) is 23.8 Å². The molecule has 4 rings (SSSR count). The number of aliphatic hydroxyl groups excluding tert-OH is 1. The number of benzene rings is 1. The maximum absolute atomic E-state index is 13.4. The lowest BCUT2D eigenvalue weighted by Gasteiger charge is -2.44. The van der Waals surface area contributed by atoms with Gasteiger partial charge in [0.15, 0.2) is 0 Å². The van der Waals surface area contributed by atoms with Gasteiger partial charge in [-0.3, -0.25) is 9.59 Å². The van der Waals surface area contributed by atoms with Crippen molar-refractivity contribution in [1.29, 1.82) is 5.26 Å². The van der Waals surface area contributed by atoms with Gasteiger partial charge in [-0.15, -0.1) is 0 Å². The minimum Gasteiger partial charge on any atom is -0.396 e. The van der Waals surface area contributed by atoms with Gasteiger partial charge >= 0.3 is 6.18 Å². The van der Waals surface area contributed by atoms with Crippen molar-refractivity contribution in [2.45, 2.75) is 32.4 Å². The molecule has 7 nitrogen and oxygen atoms in total. The van der Waals surface area contributed by atoms with Crippen molar-refractivity contribution in [3.63, 3.8) is 0 Å². The van der Waals surface area contributed by atoms with Crippen LogP contribution in [0.5, 0.6) is 0 Å². The summed E-state index contributed by atoms with van der Waals surface area (Å²) < 4.78 is 40.3. The molecule has 0 radical (unpaired) electrons. The van der Waals surface area contributed by atoms with Crippen LogP contribution in [0, 0.1) is 28.6 Å². The Morgan fingerprint density at radius 3 is 2.47 bits per heavy atom. The van der Waals surface area contributed by atoms with Gasteiger partial charge in [-0.1, -0.05) is 0 Å². The second kappa shape index (κ2) is 9.10. The zero-order chi connectivity index (χ0) is 24.7. The number of nitriles is 1. The number of hydrogen-bond acceptors (Lipinski definition) is 5. The number of likely N-dealkylation sites (tertiary alicyclic amines) is 2. The van der Waals surface area contributed by atoms with Gasteiger partial charge < -0.3 is 19.8 Å². The second-order valence-corrected chi connectivity index (χ2v) is 9.75. The quantitative estimate of drug-likeness (QED) is 0.721. The van der Waals surface area contributed by atoms with Crippen LogP contribution in [-0.4, -0.2) is 72.6 Å². The fourth-order valence-corrected chi connectivity index (χ4v) is 5.70. The van der Waals surface area contributed by atoms with Crippen molar-refractivity contribution >= 4 is 17.5 Å². The number of nitrogens with zero attached hydrogens (tertiary/aromatic N) is 4. The summed E-state index contributed by atoms with van der Waals surface area (Å²) in [6, 6.07) is 5.31. The van der Waals surface area contributed by atoms with Crippen molar-refractivity contribution in [1.82, 2.24) is 9.80 Å². The molecule has 2 amide bonds. The van der Waals surface area contributed by atoms with E-state index < -0.39 is 22.7 Å². The van der Waals surface area contributed by atoms with E-state index in [4.69, 9.17) is 5.26 Å². The molecule has 1 N–H and O–H groups in total. The van der Waals surface area contributed by atoms with Crippen LogP contribution in [-0.2, 0) is 15.8 Å². The van der Waals surface area contributed by atoms with Crippen LogP contribution in [0.1, 0.15) is 37.3 Å². The number of amides is 2. The summed E-state index contributed by atoms with van der Waals surface area (Å²) >= 11 is 0. The smallest absolute Gasteiger partial charge is 0.396 e. The highest BCUT2D eigenvalue weighted by Gasteiger charge is 2.50. The average molecular weight is 479 g/mol. The second-order valence-electron chi connectivity index (χ2n) is 9.75. The van der Waals surface area contributed by atoms with Gasteiger partial charge in [0.2, 0.25) is 11.8 Å². The summed E-state index contributed by atoms with van der Waals surface area (Å²) in [5.74, 6) is -0.134. The SMILES string of the molecule is CC(=O)N1CCC(C(=O)N2CC[C@@]3(CO)CN(c4ccc(C#N)c(C(F)(F)F)c4)C[C@H]3C2)CC1. The summed E-state index contributed by atoms with van der Waals surface area (Å²) in [6.07, 6.45) is -2.81. The lowest BCUT2D eigenvalue weighted by atomic mass is 9.73. The van der Waals surface area contributed by atoms with Crippen LogP contribution < -0.4 is 4.90 Å². The minimum absolute atomic E-state index is 0.0131. The molecule has 3 fully saturated rings. The number of anilines is 1. The molecule has 34 heavy (non-hydrogen) atoms. The zero-order valence-corrected chi connectivity index (χ0v) is 19.1. The molecular formula is C24H29F3N4O3. The number of aliphatic hydroxyl groups is 1. The molecule has 0 aromatic heterocycles. The van der Waals surface area contributed by atoms with Crippen LogP contribution in [0.15, 0.2) is 18.2 Å². The fraction of sp³-hybridized carbons (Fsp3) is 0.625. The van der Waals surface area contributed by atoms with Crippen molar-refractivity contribution in [2.75, 3.05) is 50.8 Å². The van der Waals surface area contributed by atoms with E-state index in [0.29, 0.717) is 64.2 Å². The van der Waals surface area contributed by atoms with Gasteiger partial charge in [-0.05, 0) is 37.5 Å². The molecule has 1 aromatic rings. The monoisotopic (exact) mass is 478 g/mol. The van der Waals surface area contributed by atoms with Crippen molar-refractivity contribution in [2.24, 2.45) is 17.3 Å². The predicted molar refractivity (Wildman–Crippen MR) is 118 cm³/mol. The number of fused-ring (bicyclic) bond motifs is 1. The fourth-order valence-electron chi connectivity index (χ4n) is 5.70. The molecule has 3 aliphatic heterocycles. The normalized spacial score (nSPS) is 25.8. The van der Waals surface area contributed by atoms with E-state index in [9.17, 15) is 27.9 Å². The van der Waals surface area contributed by atoms with Crippen LogP contribution in [0.3, 0.4) is 0 Å². The molecule has 2 atom stereocenters. The van der Waals surface area contributed by atoms with Crippen LogP contribution in [0.25, 0.3) is 0 Å². The third-order valence-electron chi connectivity index (χ3n) is 7.84. The highest BCUT2D eigenvalue weighted by Crippen LogP contribution is 2.45. The lowest BCUT2D eigenvalue weighted by Crippen LogP contribution is -2.53. The minimum atomic E-state index is -4.64. The molecule has 0 aliphatic carbocycles. The Kier molecular flexibility index (Phi) is 6.51. The number of alkyl halides is 3. The van der Waals surface area contributed by atoms with Gasteiger partial charge in [0, 0.05) is 69.1 Å². The average Bonchev–Trinajstić information content (AvgIpc) is 3.22. The summed E-state index contributed by atoms with van der Waals surface area (Å²) in [5, 5.41) is 19.3. The number of carbonyl (C=O) groups is 2. The van der Waals surface area contributed by atoms with Gasteiger partial charge in [0.25, 0.3) is 0 Å². The number of rotatable bonds is 3. The third-order valence-corrected chi connectivity index (χ3v) is 7.84. The van der Waals surface area contributed by atoms with Gasteiger partial charge in [-0.2, -0.15) is 18.4 Å². The van der Waals surface area contributed by atoms with E-state index in [1.165, 1.54) is 19.1 Å². The standard InChI is InChI=1S/C24H29F3N4O3/c1-16(33)29-7-4-17(5-8-29)22(34)30-9-6-23(15-32)14-31(13-19(23)12-30)20-3-2-18(11-28)21(10-20)24(25,26)27/h2-3,10,17,19,32H,4-9,12-15H2,1H3/t19-,23+/m1/s1. The van der Waals surface area contributed by atoms with E-state index in [1.807, 2.05) is 9.80 Å². The first-order valence-corrected chi connectivity index (χ1v) is 11.6. The number of carbonyl (C=O) groups excluding carboxylic acids is 2. The Morgan fingerprint density at radius 1 is 1.18 bits per heavy atom. The van der Waals surface area contributed by atoms with E-state index in [2.05, 4.69) is 0 Å². The summed E-state index contributed by atoms with van der Waals surface area (Å²) in [6.45, 7) is 4.33. The lowest BCUT2D eigenvalue weighted by molar-refractivity contribution is -0.143. The Bertz CT molecular complexity index is 1000. The molecule has 10 heteroatoms. The number of halogens is 3. The molecule has 3 aliphatic rings. The zero-order valence-electron chi connectivity index (χ0n) is 19.1. The van der Waals surface area contributed by atoms with Crippen LogP contribution in [0.2, 0.25) is 0 Å². The van der Waals surface area contributed by atoms with Crippen molar-refractivity contribution < 1.29 is 27.9 Å². The van der Waals surface area contributed by atoms with Gasteiger partial charge in [-0.25, -0.2) is 0 Å². The highest BCUT2D eigenvalue weighted by atomic mass is 19.4. The molecule has 3 heterocycles. The molecule has 184 valence electrons. The molecule has 3 saturated heterocycles. The topological polar surface area (TPSA) is 87.9 Å². The molecule has 0 unspecified atom stereocenters. The first kappa shape index (κ1) is 24.3. The molecular weight excluding hydrogens is 449 g/mol. The van der Waals surface area contributed by atoms with E-state index in [0.717, 1.165) is 6.07 Å². The van der Waals surface area contributed by atoms with Crippen LogP contribution in [0.4, 0.5) is 18.9 Å². The maximum atomic E-state index is 13.4. The predicted octanol–water partition coefficient (Wildman–Crippen LogP) is 2.48. The number of piperidine rings is 2. The largest absolute Gasteiger partial charge is 0.417 e. The first-order chi connectivity index (χ1) is 16.1. The van der Waals surface area contributed by atoms with Crippen molar-refractivity contribution in [3.8, 4) is 6.07 Å². The van der Waals surface area contributed by atoms with E-state index >= 15 is 0 Å². The molecule has 0 spiro atoms. The first-order valence-electron chi connectivity index (χ1n) is 11.6. The Balaban J connectivity index is 1.48. The number of hydrogen-bond donors (Lipinski definition) is 1. The van der Waals surface area contributed by atoms with Gasteiger partial charge in [0.1, 0.15) is 0 Å². The summed E-state index contributed by atoms with van der Waals surface area (Å²) in [7, 11) is 0. The maximum Gasteiger partial charge on any atom is 0.417 e. The Hall–Kier alpha value is -2.80. The van der Waals surface area contributed by atoms with Crippen LogP contribution >= 0.6 is 0 Å². The van der Waals surface area contributed by atoms with E-state index in [-0.39, 0.29) is 30.3 Å². The third kappa shape index (κ3) is 4.45. The Labute approximate surface area is 196 Å². The molecule has 1 aromatic carbocycles. The molecule has 0 bridgehead atoms. The Morgan fingerprint density at radius 2 is 1.88 bits per heavy atom.